The molecule has 0 radical (unpaired) electrons. The maximum atomic E-state index is 12.5. The van der Waals surface area contributed by atoms with E-state index in [2.05, 4.69) is 0 Å². The highest BCUT2D eigenvalue weighted by Gasteiger charge is 2.30. The van der Waals surface area contributed by atoms with Crippen molar-refractivity contribution in [3.8, 4) is 0 Å². The number of benzene rings is 1. The van der Waals surface area contributed by atoms with Gasteiger partial charge in [-0.15, -0.1) is 0 Å². The van der Waals surface area contributed by atoms with Crippen LogP contribution in [0.25, 0.3) is 0 Å². The van der Waals surface area contributed by atoms with E-state index >= 15 is 0 Å². The number of alkyl halides is 2. The maximum absolute atomic E-state index is 12.5. The summed E-state index contributed by atoms with van der Waals surface area (Å²) in [5, 5.41) is 0.477. The molecule has 14 heavy (non-hydrogen) atoms. The summed E-state index contributed by atoms with van der Waals surface area (Å²) >= 11 is 5.83. The summed E-state index contributed by atoms with van der Waals surface area (Å²) in [4.78, 5) is 0. The summed E-state index contributed by atoms with van der Waals surface area (Å²) in [7, 11) is 0. The molecule has 0 amide bonds. The van der Waals surface area contributed by atoms with E-state index in [1.807, 2.05) is 0 Å². The number of hydrogen-bond acceptors (Lipinski definition) is 1. The van der Waals surface area contributed by atoms with Crippen LogP contribution < -0.4 is 5.73 Å². The topological polar surface area (TPSA) is 26.0 Å². The Morgan fingerprint density at radius 1 is 1.43 bits per heavy atom. The fourth-order valence-electron chi connectivity index (χ4n) is 1.13. The van der Waals surface area contributed by atoms with Crippen molar-refractivity contribution in [1.29, 1.82) is 0 Å². The molecule has 0 aromatic heterocycles. The first-order chi connectivity index (χ1) is 6.43. The number of nitrogens with two attached hydrogens (primary N) is 1. The maximum Gasteiger partial charge on any atom is 0.256 e. The Hall–Kier alpha value is -0.670. The van der Waals surface area contributed by atoms with E-state index in [4.69, 9.17) is 17.3 Å². The fourth-order valence-corrected chi connectivity index (χ4v) is 1.33. The monoisotopic (exact) mass is 219 g/mol. The van der Waals surface area contributed by atoms with Gasteiger partial charge >= 0.3 is 0 Å². The lowest BCUT2D eigenvalue weighted by Gasteiger charge is -2.23. The van der Waals surface area contributed by atoms with Crippen LogP contribution in [0, 0.1) is 0 Å². The summed E-state index contributed by atoms with van der Waals surface area (Å²) in [6, 6.07) is 6.87. The molecule has 0 aliphatic heterocycles. The van der Waals surface area contributed by atoms with Gasteiger partial charge in [0.2, 0.25) is 0 Å². The lowest BCUT2D eigenvalue weighted by atomic mass is 9.94. The second kappa shape index (κ2) is 4.24. The van der Waals surface area contributed by atoms with Crippen LogP contribution in [0.2, 0.25) is 5.02 Å². The van der Waals surface area contributed by atoms with Crippen molar-refractivity contribution in [2.24, 2.45) is 5.73 Å². The second-order valence-electron chi connectivity index (χ2n) is 3.57. The van der Waals surface area contributed by atoms with Gasteiger partial charge in [0.25, 0.3) is 6.43 Å². The molecule has 0 heterocycles. The first-order valence-corrected chi connectivity index (χ1v) is 4.62. The normalized spacial score (nSPS) is 15.6. The third-order valence-corrected chi connectivity index (χ3v) is 2.40. The van der Waals surface area contributed by atoms with Crippen LogP contribution in [0.1, 0.15) is 12.5 Å². The first-order valence-electron chi connectivity index (χ1n) is 4.24. The van der Waals surface area contributed by atoms with Crippen LogP contribution in [0.15, 0.2) is 24.3 Å². The van der Waals surface area contributed by atoms with Crippen LogP contribution in [0.3, 0.4) is 0 Å². The summed E-state index contributed by atoms with van der Waals surface area (Å²) in [6.07, 6.45) is -2.48. The summed E-state index contributed by atoms with van der Waals surface area (Å²) < 4.78 is 24.9. The summed E-state index contributed by atoms with van der Waals surface area (Å²) in [6.45, 7) is 1.32. The van der Waals surface area contributed by atoms with Gasteiger partial charge in [-0.1, -0.05) is 29.8 Å². The zero-order chi connectivity index (χ0) is 10.8. The first kappa shape index (κ1) is 11.4. The third-order valence-electron chi connectivity index (χ3n) is 2.03. The smallest absolute Gasteiger partial charge is 0.256 e. The van der Waals surface area contributed by atoms with Gasteiger partial charge < -0.3 is 5.73 Å². The molecule has 0 spiro atoms. The Labute approximate surface area is 86.9 Å². The van der Waals surface area contributed by atoms with E-state index in [-0.39, 0.29) is 6.42 Å². The molecule has 1 rings (SSSR count). The molecule has 0 aliphatic rings. The number of rotatable bonds is 3. The molecule has 78 valence electrons. The van der Waals surface area contributed by atoms with E-state index in [1.165, 1.54) is 6.92 Å². The Morgan fingerprint density at radius 2 is 2.00 bits per heavy atom. The fraction of sp³-hybridized carbons (Fsp3) is 0.400. The minimum atomic E-state index is -2.56. The van der Waals surface area contributed by atoms with Crippen molar-refractivity contribution in [3.05, 3.63) is 34.9 Å². The molecule has 1 aromatic carbocycles. The van der Waals surface area contributed by atoms with Gasteiger partial charge in [-0.3, -0.25) is 0 Å². The molecule has 1 atom stereocenters. The second-order valence-corrected chi connectivity index (χ2v) is 3.98. The minimum absolute atomic E-state index is 0.0737. The zero-order valence-electron chi connectivity index (χ0n) is 7.81. The Balaban J connectivity index is 2.84. The highest BCUT2D eigenvalue weighted by Crippen LogP contribution is 2.23. The molecule has 0 saturated heterocycles. The van der Waals surface area contributed by atoms with Crippen LogP contribution in [-0.2, 0) is 6.42 Å². The molecule has 0 fully saturated rings. The van der Waals surface area contributed by atoms with E-state index < -0.39 is 12.0 Å². The Bertz CT molecular complexity index is 313. The highest BCUT2D eigenvalue weighted by molar-refractivity contribution is 6.31. The molecule has 0 aliphatic carbocycles. The SMILES string of the molecule is CC(N)(Cc1ccccc1Cl)C(F)F. The molecular weight excluding hydrogens is 208 g/mol. The molecule has 2 N–H and O–H groups in total. The van der Waals surface area contributed by atoms with Crippen molar-refractivity contribution >= 4 is 11.6 Å². The van der Waals surface area contributed by atoms with Crippen LogP contribution >= 0.6 is 11.6 Å². The van der Waals surface area contributed by atoms with Gasteiger partial charge in [0.1, 0.15) is 0 Å². The number of hydrogen-bond donors (Lipinski definition) is 1. The standard InChI is InChI=1S/C10H12ClF2N/c1-10(14,9(12)13)6-7-4-2-3-5-8(7)11/h2-5,9H,6,14H2,1H3. The molecule has 0 bridgehead atoms. The average molecular weight is 220 g/mol. The summed E-state index contributed by atoms with van der Waals surface area (Å²) in [5.74, 6) is 0. The molecule has 1 aromatic rings. The quantitative estimate of drug-likeness (QED) is 0.831. The lowest BCUT2D eigenvalue weighted by Crippen LogP contribution is -2.45. The zero-order valence-corrected chi connectivity index (χ0v) is 8.56. The van der Waals surface area contributed by atoms with Gasteiger partial charge in [0.05, 0.1) is 5.54 Å². The Kier molecular flexibility index (Phi) is 3.45. The molecule has 1 unspecified atom stereocenters. The van der Waals surface area contributed by atoms with Crippen LogP contribution in [-0.4, -0.2) is 12.0 Å². The minimum Gasteiger partial charge on any atom is -0.320 e. The van der Waals surface area contributed by atoms with E-state index in [9.17, 15) is 8.78 Å². The van der Waals surface area contributed by atoms with Crippen molar-refractivity contribution in [2.75, 3.05) is 0 Å². The number of halogens is 3. The van der Waals surface area contributed by atoms with Crippen molar-refractivity contribution in [1.82, 2.24) is 0 Å². The van der Waals surface area contributed by atoms with E-state index in [1.54, 1.807) is 24.3 Å². The third kappa shape index (κ3) is 2.66. The summed E-state index contributed by atoms with van der Waals surface area (Å²) in [5.41, 5.74) is 4.58. The highest BCUT2D eigenvalue weighted by atomic mass is 35.5. The molecule has 1 nitrogen and oxygen atoms in total. The predicted octanol–water partition coefficient (Wildman–Crippen LogP) is 2.87. The van der Waals surface area contributed by atoms with Gasteiger partial charge in [0.15, 0.2) is 0 Å². The predicted molar refractivity (Wildman–Crippen MR) is 53.8 cm³/mol. The van der Waals surface area contributed by atoms with E-state index in [0.717, 1.165) is 0 Å². The largest absolute Gasteiger partial charge is 0.320 e. The van der Waals surface area contributed by atoms with Gasteiger partial charge in [-0.25, -0.2) is 8.78 Å². The van der Waals surface area contributed by atoms with Gasteiger partial charge in [-0.2, -0.15) is 0 Å². The average Bonchev–Trinajstić information content (AvgIpc) is 2.08. The molecule has 0 saturated carbocycles. The van der Waals surface area contributed by atoms with Gasteiger partial charge in [-0.05, 0) is 25.0 Å². The molecular formula is C10H12ClF2N. The Morgan fingerprint density at radius 3 is 2.50 bits per heavy atom. The van der Waals surface area contributed by atoms with E-state index in [0.29, 0.717) is 10.6 Å². The van der Waals surface area contributed by atoms with Crippen molar-refractivity contribution in [3.63, 3.8) is 0 Å². The lowest BCUT2D eigenvalue weighted by molar-refractivity contribution is 0.0639. The molecule has 4 heteroatoms. The van der Waals surface area contributed by atoms with Crippen molar-refractivity contribution < 1.29 is 8.78 Å². The van der Waals surface area contributed by atoms with Crippen LogP contribution in [0.5, 0.6) is 0 Å². The van der Waals surface area contributed by atoms with Gasteiger partial charge in [0, 0.05) is 5.02 Å². The van der Waals surface area contributed by atoms with Crippen LogP contribution in [0.4, 0.5) is 8.78 Å². The van der Waals surface area contributed by atoms with Crippen molar-refractivity contribution in [2.45, 2.75) is 25.3 Å².